The molecule has 1 heterocycles. The molecule has 1 aliphatic heterocycles. The maximum atomic E-state index is 13.5. The van der Waals surface area contributed by atoms with E-state index in [1.165, 1.54) is 41.5 Å². The fraction of sp³-hybridized carbons (Fsp3) is 0.278. The standard InChI is InChI=1S/C36H34FNO3/c1-41-36(40)28-9-5-8-27(20-28)30-16-12-26(13-17-35(39)33-21-32(33)25-6-3-2-4-7-25)34-23-38(19-18-31(30)34)22-24-10-14-29(37)15-11-24/h2-12,14-16,20,32-33H,13,17-19,21-23H2,1H3. The number of rotatable bonds is 9. The second-order valence-electron chi connectivity index (χ2n) is 11.2. The van der Waals surface area contributed by atoms with E-state index in [0.29, 0.717) is 30.1 Å². The summed E-state index contributed by atoms with van der Waals surface area (Å²) < 4.78 is 18.4. The molecule has 1 fully saturated rings. The fourth-order valence-electron chi connectivity index (χ4n) is 6.28. The minimum Gasteiger partial charge on any atom is -0.465 e. The van der Waals surface area contributed by atoms with Gasteiger partial charge in [-0.3, -0.25) is 9.69 Å². The van der Waals surface area contributed by atoms with E-state index in [0.717, 1.165) is 49.2 Å². The summed E-state index contributed by atoms with van der Waals surface area (Å²) in [7, 11) is 1.40. The van der Waals surface area contributed by atoms with Crippen molar-refractivity contribution in [2.75, 3.05) is 13.7 Å². The first-order valence-corrected chi connectivity index (χ1v) is 14.4. The highest BCUT2D eigenvalue weighted by atomic mass is 19.1. The Kier molecular flexibility index (Phi) is 7.80. The molecule has 0 N–H and O–H groups in total. The summed E-state index contributed by atoms with van der Waals surface area (Å²) in [5.74, 6) is 0.252. The average molecular weight is 548 g/mol. The van der Waals surface area contributed by atoms with Crippen molar-refractivity contribution >= 4 is 11.8 Å². The Balaban J connectivity index is 1.25. The number of Topliss-reactive ketones (excluding diaryl/α,β-unsaturated/α-hetero) is 1. The van der Waals surface area contributed by atoms with Gasteiger partial charge in [-0.1, -0.05) is 66.7 Å². The van der Waals surface area contributed by atoms with E-state index in [4.69, 9.17) is 4.74 Å². The molecule has 1 saturated carbocycles. The van der Waals surface area contributed by atoms with Crippen LogP contribution in [0.4, 0.5) is 4.39 Å². The Morgan fingerprint density at radius 2 is 1.73 bits per heavy atom. The number of hydrogen-bond donors (Lipinski definition) is 0. The molecule has 41 heavy (non-hydrogen) atoms. The van der Waals surface area contributed by atoms with Crippen LogP contribution in [0.15, 0.2) is 91.0 Å². The third-order valence-corrected chi connectivity index (χ3v) is 8.57. The Morgan fingerprint density at radius 3 is 2.51 bits per heavy atom. The van der Waals surface area contributed by atoms with Crippen molar-refractivity contribution in [3.05, 3.63) is 130 Å². The number of nitrogens with zero attached hydrogens (tertiary/aromatic N) is 1. The number of ether oxygens (including phenoxy) is 1. The van der Waals surface area contributed by atoms with Gasteiger partial charge in [0.1, 0.15) is 11.6 Å². The fourth-order valence-corrected chi connectivity index (χ4v) is 6.28. The van der Waals surface area contributed by atoms with Crippen molar-refractivity contribution in [3.8, 4) is 11.1 Å². The Bertz CT molecular complexity index is 1560. The van der Waals surface area contributed by atoms with Crippen LogP contribution in [-0.2, 0) is 35.5 Å². The van der Waals surface area contributed by atoms with E-state index in [1.54, 1.807) is 6.07 Å². The van der Waals surface area contributed by atoms with Crippen LogP contribution < -0.4 is 0 Å². The molecule has 1 aliphatic carbocycles. The molecule has 0 aromatic heterocycles. The maximum Gasteiger partial charge on any atom is 0.337 e. The zero-order chi connectivity index (χ0) is 28.3. The van der Waals surface area contributed by atoms with Crippen LogP contribution in [0.3, 0.4) is 0 Å². The molecule has 6 rings (SSSR count). The number of aryl methyl sites for hydroxylation is 1. The van der Waals surface area contributed by atoms with Crippen molar-refractivity contribution in [1.82, 2.24) is 4.90 Å². The van der Waals surface area contributed by atoms with Crippen LogP contribution in [0.2, 0.25) is 0 Å². The molecule has 4 nitrogen and oxygen atoms in total. The predicted molar refractivity (Wildman–Crippen MR) is 158 cm³/mol. The molecule has 208 valence electrons. The van der Waals surface area contributed by atoms with Gasteiger partial charge in [-0.15, -0.1) is 0 Å². The minimum absolute atomic E-state index is 0.128. The van der Waals surface area contributed by atoms with Crippen LogP contribution >= 0.6 is 0 Å². The predicted octanol–water partition coefficient (Wildman–Crippen LogP) is 7.14. The van der Waals surface area contributed by atoms with Crippen molar-refractivity contribution < 1.29 is 18.7 Å². The maximum absolute atomic E-state index is 13.5. The highest BCUT2D eigenvalue weighted by Crippen LogP contribution is 2.48. The zero-order valence-electron chi connectivity index (χ0n) is 23.3. The molecule has 0 bridgehead atoms. The minimum atomic E-state index is -0.352. The highest BCUT2D eigenvalue weighted by Gasteiger charge is 2.43. The summed E-state index contributed by atoms with van der Waals surface area (Å²) >= 11 is 0. The van der Waals surface area contributed by atoms with Gasteiger partial charge >= 0.3 is 5.97 Å². The van der Waals surface area contributed by atoms with E-state index in [-0.39, 0.29) is 17.7 Å². The van der Waals surface area contributed by atoms with Gasteiger partial charge in [-0.2, -0.15) is 0 Å². The Labute approximate surface area is 240 Å². The number of halogens is 1. The third kappa shape index (κ3) is 6.01. The Hall–Kier alpha value is -4.09. The van der Waals surface area contributed by atoms with Gasteiger partial charge < -0.3 is 4.74 Å². The lowest BCUT2D eigenvalue weighted by molar-refractivity contribution is -0.120. The molecule has 0 amide bonds. The zero-order valence-corrected chi connectivity index (χ0v) is 23.3. The molecule has 0 saturated heterocycles. The summed E-state index contributed by atoms with van der Waals surface area (Å²) in [5.41, 5.74) is 8.73. The number of benzene rings is 4. The van der Waals surface area contributed by atoms with Gasteiger partial charge in [0.2, 0.25) is 0 Å². The normalized spacial score (nSPS) is 18.0. The largest absolute Gasteiger partial charge is 0.465 e. The first-order chi connectivity index (χ1) is 20.0. The van der Waals surface area contributed by atoms with E-state index in [1.807, 2.05) is 48.5 Å². The van der Waals surface area contributed by atoms with Gasteiger partial charge in [0.25, 0.3) is 0 Å². The first kappa shape index (κ1) is 27.1. The summed E-state index contributed by atoms with van der Waals surface area (Å²) in [6.45, 7) is 2.37. The number of carbonyl (C=O) groups is 2. The molecule has 0 spiro atoms. The number of fused-ring (bicyclic) bond motifs is 1. The molecular weight excluding hydrogens is 513 g/mol. The summed E-state index contributed by atoms with van der Waals surface area (Å²) in [4.78, 5) is 27.8. The van der Waals surface area contributed by atoms with E-state index < -0.39 is 0 Å². The summed E-state index contributed by atoms with van der Waals surface area (Å²) in [6.07, 6.45) is 3.05. The van der Waals surface area contributed by atoms with Gasteiger partial charge in [-0.25, -0.2) is 9.18 Å². The molecule has 5 heteroatoms. The van der Waals surface area contributed by atoms with Crippen LogP contribution in [0, 0.1) is 11.7 Å². The van der Waals surface area contributed by atoms with Gasteiger partial charge in [-0.05, 0) is 88.4 Å². The molecule has 2 aliphatic rings. The second-order valence-corrected chi connectivity index (χ2v) is 11.2. The number of methoxy groups -OCH3 is 1. The SMILES string of the molecule is COC(=O)c1cccc(-c2ccc(CCC(=O)C3CC3c3ccccc3)c3c2CCN(Cc2ccc(F)cc2)C3)c1. The smallest absolute Gasteiger partial charge is 0.337 e. The van der Waals surface area contributed by atoms with Crippen molar-refractivity contribution in [2.24, 2.45) is 5.92 Å². The Morgan fingerprint density at radius 1 is 0.927 bits per heavy atom. The number of esters is 1. The molecule has 0 radical (unpaired) electrons. The third-order valence-electron chi connectivity index (χ3n) is 8.57. The summed E-state index contributed by atoms with van der Waals surface area (Å²) in [6, 6.07) is 29.0. The molecular formula is C36H34FNO3. The number of ketones is 1. The topological polar surface area (TPSA) is 46.6 Å². The van der Waals surface area contributed by atoms with Crippen molar-refractivity contribution in [2.45, 2.75) is 44.7 Å². The van der Waals surface area contributed by atoms with Crippen LogP contribution in [0.25, 0.3) is 11.1 Å². The van der Waals surface area contributed by atoms with Gasteiger partial charge in [0.15, 0.2) is 0 Å². The number of hydrogen-bond acceptors (Lipinski definition) is 4. The molecule has 2 unspecified atom stereocenters. The second kappa shape index (κ2) is 11.8. The molecule has 4 aromatic carbocycles. The highest BCUT2D eigenvalue weighted by molar-refractivity contribution is 5.91. The lowest BCUT2D eigenvalue weighted by Gasteiger charge is -2.32. The molecule has 2 atom stereocenters. The van der Waals surface area contributed by atoms with E-state index in [2.05, 4.69) is 29.2 Å². The number of carbonyl (C=O) groups excluding carboxylic acids is 2. The van der Waals surface area contributed by atoms with E-state index >= 15 is 0 Å². The van der Waals surface area contributed by atoms with Crippen LogP contribution in [0.1, 0.15) is 56.9 Å². The summed E-state index contributed by atoms with van der Waals surface area (Å²) in [5, 5.41) is 0. The van der Waals surface area contributed by atoms with Gasteiger partial charge in [0, 0.05) is 32.0 Å². The van der Waals surface area contributed by atoms with Crippen molar-refractivity contribution in [3.63, 3.8) is 0 Å². The lowest BCUT2D eigenvalue weighted by Crippen LogP contribution is -2.31. The molecule has 4 aromatic rings. The first-order valence-electron chi connectivity index (χ1n) is 14.4. The lowest BCUT2D eigenvalue weighted by atomic mass is 9.85. The van der Waals surface area contributed by atoms with Crippen LogP contribution in [-0.4, -0.2) is 30.3 Å². The van der Waals surface area contributed by atoms with Crippen molar-refractivity contribution in [1.29, 1.82) is 0 Å². The van der Waals surface area contributed by atoms with E-state index in [9.17, 15) is 14.0 Å². The quantitative estimate of drug-likeness (QED) is 0.209. The monoisotopic (exact) mass is 547 g/mol. The average Bonchev–Trinajstić information content (AvgIpc) is 3.82. The van der Waals surface area contributed by atoms with Crippen LogP contribution in [0.5, 0.6) is 0 Å². The van der Waals surface area contributed by atoms with Gasteiger partial charge in [0.05, 0.1) is 12.7 Å².